The Morgan fingerprint density at radius 1 is 1.33 bits per heavy atom. The molecule has 1 heterocycles. The molecular weight excluding hydrogens is 344 g/mol. The number of amides is 2. The van der Waals surface area contributed by atoms with Gasteiger partial charge in [-0.05, 0) is 67.7 Å². The topological polar surface area (TPSA) is 86.7 Å². The summed E-state index contributed by atoms with van der Waals surface area (Å²) in [4.78, 5) is 38.3. The van der Waals surface area contributed by atoms with Crippen molar-refractivity contribution in [1.82, 2.24) is 5.32 Å². The predicted molar refractivity (Wildman–Crippen MR) is 103 cm³/mol. The van der Waals surface area contributed by atoms with Gasteiger partial charge >= 0.3 is 5.97 Å². The predicted octanol–water partition coefficient (Wildman–Crippen LogP) is 2.69. The normalized spacial score (nSPS) is 18.4. The zero-order chi connectivity index (χ0) is 20.1. The molecule has 1 aliphatic heterocycles. The zero-order valence-corrected chi connectivity index (χ0v) is 16.7. The fourth-order valence-corrected chi connectivity index (χ4v) is 3.87. The summed E-state index contributed by atoms with van der Waals surface area (Å²) in [6.45, 7) is 8.86. The lowest BCUT2D eigenvalue weighted by atomic mass is 9.88. The van der Waals surface area contributed by atoms with Crippen LogP contribution in [0.3, 0.4) is 0 Å². The lowest BCUT2D eigenvalue weighted by molar-refractivity contribution is -0.148. The first-order chi connectivity index (χ1) is 12.6. The summed E-state index contributed by atoms with van der Waals surface area (Å²) in [5.41, 5.74) is 3.94. The molecule has 2 N–H and O–H groups in total. The molecule has 2 amide bonds. The van der Waals surface area contributed by atoms with Crippen molar-refractivity contribution in [3.63, 3.8) is 0 Å². The maximum atomic E-state index is 12.6. The molecule has 0 radical (unpaired) electrons. The van der Waals surface area contributed by atoms with Crippen molar-refractivity contribution in [3.8, 4) is 0 Å². The maximum Gasteiger partial charge on any atom is 0.329 e. The van der Waals surface area contributed by atoms with Crippen LogP contribution in [-0.2, 0) is 20.8 Å². The van der Waals surface area contributed by atoms with Gasteiger partial charge in [0.1, 0.15) is 12.1 Å². The number of carboxylic acids is 1. The number of carboxylic acid groups (broad SMARTS) is 1. The van der Waals surface area contributed by atoms with E-state index in [9.17, 15) is 19.5 Å². The Labute approximate surface area is 159 Å². The SMILES string of the molecule is Cc1cc(C2CC2)c(C)c2c1N(CC(=O)NC(C)(C(=O)O)C(C)C)C(=O)C2. The monoisotopic (exact) mass is 372 g/mol. The van der Waals surface area contributed by atoms with E-state index in [4.69, 9.17) is 0 Å². The highest BCUT2D eigenvalue weighted by Gasteiger charge is 2.40. The fraction of sp³-hybridized carbons (Fsp3) is 0.571. The van der Waals surface area contributed by atoms with Gasteiger partial charge in [0.05, 0.1) is 12.1 Å². The average Bonchev–Trinajstić information content (AvgIpc) is 3.35. The van der Waals surface area contributed by atoms with Crippen molar-refractivity contribution < 1.29 is 19.5 Å². The molecule has 146 valence electrons. The van der Waals surface area contributed by atoms with E-state index in [2.05, 4.69) is 18.3 Å². The summed E-state index contributed by atoms with van der Waals surface area (Å²) in [6.07, 6.45) is 2.69. The molecular formula is C21H28N2O4. The van der Waals surface area contributed by atoms with E-state index in [1.54, 1.807) is 13.8 Å². The van der Waals surface area contributed by atoms with Crippen molar-refractivity contribution in [3.05, 3.63) is 28.3 Å². The van der Waals surface area contributed by atoms with Crippen LogP contribution in [0.15, 0.2) is 6.07 Å². The lowest BCUT2D eigenvalue weighted by Crippen LogP contribution is -2.57. The Balaban J connectivity index is 1.85. The third-order valence-corrected chi connectivity index (χ3v) is 6.13. The Hall–Kier alpha value is -2.37. The molecule has 1 unspecified atom stereocenters. The number of benzene rings is 1. The second-order valence-electron chi connectivity index (χ2n) is 8.38. The van der Waals surface area contributed by atoms with Gasteiger partial charge < -0.3 is 15.3 Å². The molecule has 2 aliphatic rings. The first-order valence-electron chi connectivity index (χ1n) is 9.54. The Morgan fingerprint density at radius 3 is 2.48 bits per heavy atom. The number of carbonyl (C=O) groups excluding carboxylic acids is 2. The molecule has 0 saturated heterocycles. The van der Waals surface area contributed by atoms with E-state index in [0.717, 1.165) is 22.4 Å². The van der Waals surface area contributed by atoms with Gasteiger partial charge in [-0.25, -0.2) is 4.79 Å². The number of rotatable bonds is 6. The van der Waals surface area contributed by atoms with Gasteiger partial charge in [-0.15, -0.1) is 0 Å². The Bertz CT molecular complexity index is 826. The largest absolute Gasteiger partial charge is 0.480 e. The molecule has 0 spiro atoms. The number of aliphatic carboxylic acids is 1. The van der Waals surface area contributed by atoms with Crippen molar-refractivity contribution in [1.29, 1.82) is 0 Å². The van der Waals surface area contributed by atoms with Gasteiger partial charge in [0.2, 0.25) is 11.8 Å². The molecule has 1 saturated carbocycles. The van der Waals surface area contributed by atoms with Crippen molar-refractivity contribution in [2.45, 2.75) is 65.3 Å². The number of hydrogen-bond donors (Lipinski definition) is 2. The molecule has 1 aromatic rings. The third kappa shape index (κ3) is 3.33. The van der Waals surface area contributed by atoms with E-state index in [-0.39, 0.29) is 18.4 Å². The second kappa shape index (κ2) is 6.66. The van der Waals surface area contributed by atoms with Gasteiger partial charge in [0.25, 0.3) is 0 Å². The summed E-state index contributed by atoms with van der Waals surface area (Å²) < 4.78 is 0. The lowest BCUT2D eigenvalue weighted by Gasteiger charge is -2.31. The molecule has 1 fully saturated rings. The summed E-state index contributed by atoms with van der Waals surface area (Å²) in [5, 5.41) is 12.1. The number of fused-ring (bicyclic) bond motifs is 1. The van der Waals surface area contributed by atoms with Crippen LogP contribution in [0.4, 0.5) is 5.69 Å². The Kier molecular flexibility index (Phi) is 4.78. The van der Waals surface area contributed by atoms with Crippen molar-refractivity contribution in [2.24, 2.45) is 5.92 Å². The molecule has 27 heavy (non-hydrogen) atoms. The standard InChI is InChI=1S/C21H28N2O4/c1-11(2)21(5,20(26)27)22-17(24)10-23-18(25)9-16-13(4)15(14-6-7-14)8-12(3)19(16)23/h8,11,14H,6-7,9-10H2,1-5H3,(H,22,24)(H,26,27). The Morgan fingerprint density at radius 2 is 1.96 bits per heavy atom. The maximum absolute atomic E-state index is 12.6. The molecule has 1 aliphatic carbocycles. The number of nitrogens with one attached hydrogen (secondary N) is 1. The number of hydrogen-bond acceptors (Lipinski definition) is 3. The van der Waals surface area contributed by atoms with Crippen LogP contribution in [-0.4, -0.2) is 35.0 Å². The number of aryl methyl sites for hydroxylation is 1. The molecule has 0 aromatic heterocycles. The molecule has 3 rings (SSSR count). The van der Waals surface area contributed by atoms with Crippen LogP contribution in [0, 0.1) is 19.8 Å². The molecule has 0 bridgehead atoms. The smallest absolute Gasteiger partial charge is 0.329 e. The van der Waals surface area contributed by atoms with Crippen molar-refractivity contribution >= 4 is 23.5 Å². The van der Waals surface area contributed by atoms with Crippen LogP contribution in [0.1, 0.15) is 61.8 Å². The fourth-order valence-electron chi connectivity index (χ4n) is 3.87. The zero-order valence-electron chi connectivity index (χ0n) is 16.7. The summed E-state index contributed by atoms with van der Waals surface area (Å²) in [7, 11) is 0. The van der Waals surface area contributed by atoms with Gasteiger partial charge in [0, 0.05) is 0 Å². The highest BCUT2D eigenvalue weighted by Crippen LogP contribution is 2.46. The second-order valence-corrected chi connectivity index (χ2v) is 8.38. The minimum atomic E-state index is -1.37. The number of carbonyl (C=O) groups is 3. The van der Waals surface area contributed by atoms with Gasteiger partial charge in [-0.1, -0.05) is 19.9 Å². The van der Waals surface area contributed by atoms with Crippen LogP contribution in [0.2, 0.25) is 0 Å². The summed E-state index contributed by atoms with van der Waals surface area (Å²) in [6, 6.07) is 2.14. The summed E-state index contributed by atoms with van der Waals surface area (Å²) in [5.74, 6) is -1.34. The van der Waals surface area contributed by atoms with Crippen molar-refractivity contribution in [2.75, 3.05) is 11.4 Å². The molecule has 6 nitrogen and oxygen atoms in total. The molecule has 6 heteroatoms. The van der Waals surface area contributed by atoms with E-state index >= 15 is 0 Å². The third-order valence-electron chi connectivity index (χ3n) is 6.13. The highest BCUT2D eigenvalue weighted by molar-refractivity contribution is 6.06. The molecule has 1 atom stereocenters. The minimum Gasteiger partial charge on any atom is -0.480 e. The quantitative estimate of drug-likeness (QED) is 0.804. The van der Waals surface area contributed by atoms with Crippen LogP contribution in [0.5, 0.6) is 0 Å². The van der Waals surface area contributed by atoms with Crippen LogP contribution < -0.4 is 10.2 Å². The number of nitrogens with zero attached hydrogens (tertiary/aromatic N) is 1. The van der Waals surface area contributed by atoms with Gasteiger partial charge in [0.15, 0.2) is 0 Å². The van der Waals surface area contributed by atoms with E-state index in [1.165, 1.54) is 30.2 Å². The minimum absolute atomic E-state index is 0.110. The first kappa shape index (κ1) is 19.4. The van der Waals surface area contributed by atoms with Gasteiger partial charge in [-0.3, -0.25) is 9.59 Å². The average molecular weight is 372 g/mol. The van der Waals surface area contributed by atoms with E-state index < -0.39 is 17.4 Å². The highest BCUT2D eigenvalue weighted by atomic mass is 16.4. The number of anilines is 1. The van der Waals surface area contributed by atoms with E-state index in [1.807, 2.05) is 6.92 Å². The van der Waals surface area contributed by atoms with Crippen LogP contribution >= 0.6 is 0 Å². The summed E-state index contributed by atoms with van der Waals surface area (Å²) >= 11 is 0. The van der Waals surface area contributed by atoms with Crippen LogP contribution in [0.25, 0.3) is 0 Å². The van der Waals surface area contributed by atoms with Gasteiger partial charge in [-0.2, -0.15) is 0 Å². The first-order valence-corrected chi connectivity index (χ1v) is 9.54. The van der Waals surface area contributed by atoms with E-state index in [0.29, 0.717) is 12.3 Å². The molecule has 1 aromatic carbocycles.